The predicted molar refractivity (Wildman–Crippen MR) is 58.2 cm³/mol. The summed E-state index contributed by atoms with van der Waals surface area (Å²) < 4.78 is 0. The number of hydrogen-bond donors (Lipinski definition) is 2. The molecule has 0 aromatic heterocycles. The van der Waals surface area contributed by atoms with Gasteiger partial charge in [0.25, 0.3) is 0 Å². The van der Waals surface area contributed by atoms with Crippen molar-refractivity contribution in [3.8, 4) is 0 Å². The van der Waals surface area contributed by atoms with Gasteiger partial charge < -0.3 is 10.4 Å². The lowest BCUT2D eigenvalue weighted by molar-refractivity contribution is 0.104. The largest absolute Gasteiger partial charge is 0.393 e. The van der Waals surface area contributed by atoms with Crippen molar-refractivity contribution >= 4 is 0 Å². The lowest BCUT2D eigenvalue weighted by Crippen LogP contribution is -2.51. The van der Waals surface area contributed by atoms with Gasteiger partial charge in [-0.3, -0.25) is 0 Å². The molecule has 2 N–H and O–H groups in total. The van der Waals surface area contributed by atoms with Gasteiger partial charge in [-0.2, -0.15) is 0 Å². The maximum atomic E-state index is 9.41. The zero-order chi connectivity index (χ0) is 10.2. The van der Waals surface area contributed by atoms with E-state index < -0.39 is 0 Å². The van der Waals surface area contributed by atoms with Crippen LogP contribution in [0.4, 0.5) is 0 Å². The van der Waals surface area contributed by atoms with Gasteiger partial charge in [-0.05, 0) is 50.0 Å². The molecular weight excluding hydrogens is 174 g/mol. The normalized spacial score (nSPS) is 40.9. The van der Waals surface area contributed by atoms with Crippen LogP contribution in [-0.2, 0) is 0 Å². The average molecular weight is 197 g/mol. The van der Waals surface area contributed by atoms with Crippen molar-refractivity contribution in [1.29, 1.82) is 0 Å². The fraction of sp³-hybridized carbons (Fsp3) is 1.00. The SMILES string of the molecule is CC1(C)CCC1NCC1CCC(O)C1. The molecular formula is C12H23NO. The number of aliphatic hydroxyl groups is 1. The van der Waals surface area contributed by atoms with Crippen LogP contribution in [0.5, 0.6) is 0 Å². The number of aliphatic hydroxyl groups excluding tert-OH is 1. The first kappa shape index (κ1) is 10.4. The molecule has 82 valence electrons. The highest BCUT2D eigenvalue weighted by atomic mass is 16.3. The van der Waals surface area contributed by atoms with Crippen LogP contribution in [0.3, 0.4) is 0 Å². The van der Waals surface area contributed by atoms with Gasteiger partial charge in [-0.25, -0.2) is 0 Å². The first-order valence-electron chi connectivity index (χ1n) is 5.99. The Bertz CT molecular complexity index is 202. The lowest BCUT2D eigenvalue weighted by Gasteiger charge is -2.45. The summed E-state index contributed by atoms with van der Waals surface area (Å²) in [5.41, 5.74) is 0.511. The molecule has 3 unspecified atom stereocenters. The fourth-order valence-corrected chi connectivity index (χ4v) is 2.79. The number of hydrogen-bond acceptors (Lipinski definition) is 2. The molecule has 2 saturated carbocycles. The van der Waals surface area contributed by atoms with E-state index in [-0.39, 0.29) is 6.10 Å². The monoisotopic (exact) mass is 197 g/mol. The molecule has 2 nitrogen and oxygen atoms in total. The third kappa shape index (κ3) is 2.12. The molecule has 0 aromatic carbocycles. The standard InChI is InChI=1S/C12H23NO/c1-12(2)6-5-11(12)13-8-9-3-4-10(14)7-9/h9-11,13-14H,3-8H2,1-2H3. The van der Waals surface area contributed by atoms with E-state index >= 15 is 0 Å². The first-order valence-corrected chi connectivity index (χ1v) is 5.99. The van der Waals surface area contributed by atoms with E-state index in [0.717, 1.165) is 31.3 Å². The van der Waals surface area contributed by atoms with E-state index in [2.05, 4.69) is 19.2 Å². The zero-order valence-electron chi connectivity index (χ0n) is 9.42. The molecule has 0 radical (unpaired) electrons. The summed E-state index contributed by atoms with van der Waals surface area (Å²) in [4.78, 5) is 0. The van der Waals surface area contributed by atoms with Crippen molar-refractivity contribution in [2.24, 2.45) is 11.3 Å². The van der Waals surface area contributed by atoms with Crippen molar-refractivity contribution < 1.29 is 5.11 Å². The van der Waals surface area contributed by atoms with E-state index in [4.69, 9.17) is 0 Å². The summed E-state index contributed by atoms with van der Waals surface area (Å²) in [6.07, 6.45) is 5.92. The van der Waals surface area contributed by atoms with Crippen LogP contribution >= 0.6 is 0 Å². The number of nitrogens with one attached hydrogen (secondary N) is 1. The molecule has 0 bridgehead atoms. The van der Waals surface area contributed by atoms with Gasteiger partial charge >= 0.3 is 0 Å². The molecule has 0 heterocycles. The van der Waals surface area contributed by atoms with Gasteiger partial charge in [0.1, 0.15) is 0 Å². The van der Waals surface area contributed by atoms with E-state index in [1.54, 1.807) is 0 Å². The van der Waals surface area contributed by atoms with Crippen molar-refractivity contribution in [2.75, 3.05) is 6.54 Å². The molecule has 2 rings (SSSR count). The third-order valence-electron chi connectivity index (χ3n) is 4.19. The molecule has 0 amide bonds. The van der Waals surface area contributed by atoms with Crippen LogP contribution in [0.25, 0.3) is 0 Å². The second kappa shape index (κ2) is 3.82. The highest BCUT2D eigenvalue weighted by Gasteiger charge is 2.38. The Morgan fingerprint density at radius 2 is 2.07 bits per heavy atom. The quantitative estimate of drug-likeness (QED) is 0.724. The Morgan fingerprint density at radius 3 is 2.50 bits per heavy atom. The lowest BCUT2D eigenvalue weighted by atomic mass is 9.67. The van der Waals surface area contributed by atoms with E-state index in [0.29, 0.717) is 5.41 Å². The van der Waals surface area contributed by atoms with Gasteiger partial charge in [-0.1, -0.05) is 13.8 Å². The molecule has 0 aliphatic heterocycles. The van der Waals surface area contributed by atoms with Crippen molar-refractivity contribution in [3.05, 3.63) is 0 Å². The molecule has 0 aromatic rings. The summed E-state index contributed by atoms with van der Waals surface area (Å²) in [6, 6.07) is 0.722. The van der Waals surface area contributed by atoms with Crippen LogP contribution in [0.15, 0.2) is 0 Å². The van der Waals surface area contributed by atoms with Gasteiger partial charge in [0.2, 0.25) is 0 Å². The van der Waals surface area contributed by atoms with Crippen LogP contribution in [0.2, 0.25) is 0 Å². The molecule has 0 spiro atoms. The van der Waals surface area contributed by atoms with Crippen LogP contribution < -0.4 is 5.32 Å². The van der Waals surface area contributed by atoms with Gasteiger partial charge in [0.15, 0.2) is 0 Å². The molecule has 2 heteroatoms. The minimum absolute atomic E-state index is 0.0174. The Labute approximate surface area is 87.1 Å². The summed E-state index contributed by atoms with van der Waals surface area (Å²) in [5.74, 6) is 0.724. The second-order valence-corrected chi connectivity index (χ2v) is 5.82. The van der Waals surface area contributed by atoms with Gasteiger partial charge in [0.05, 0.1) is 6.10 Å². The first-order chi connectivity index (χ1) is 6.58. The van der Waals surface area contributed by atoms with Crippen LogP contribution in [0, 0.1) is 11.3 Å². The Kier molecular flexibility index (Phi) is 2.85. The maximum absolute atomic E-state index is 9.41. The van der Waals surface area contributed by atoms with Crippen molar-refractivity contribution in [3.63, 3.8) is 0 Å². The smallest absolute Gasteiger partial charge is 0.0543 e. The van der Waals surface area contributed by atoms with E-state index in [9.17, 15) is 5.11 Å². The Balaban J connectivity index is 1.68. The topological polar surface area (TPSA) is 32.3 Å². The molecule has 2 aliphatic rings. The van der Waals surface area contributed by atoms with Crippen molar-refractivity contribution in [1.82, 2.24) is 5.32 Å². The Morgan fingerprint density at radius 1 is 1.29 bits per heavy atom. The van der Waals surface area contributed by atoms with E-state index in [1.165, 1.54) is 19.3 Å². The third-order valence-corrected chi connectivity index (χ3v) is 4.19. The average Bonchev–Trinajstić information content (AvgIpc) is 2.50. The van der Waals surface area contributed by atoms with E-state index in [1.807, 2.05) is 0 Å². The van der Waals surface area contributed by atoms with Gasteiger partial charge in [-0.15, -0.1) is 0 Å². The number of rotatable bonds is 3. The van der Waals surface area contributed by atoms with Gasteiger partial charge in [0, 0.05) is 6.04 Å². The van der Waals surface area contributed by atoms with Crippen LogP contribution in [-0.4, -0.2) is 23.8 Å². The molecule has 2 fully saturated rings. The highest BCUT2D eigenvalue weighted by molar-refractivity contribution is 4.94. The molecule has 3 atom stereocenters. The minimum Gasteiger partial charge on any atom is -0.393 e. The fourth-order valence-electron chi connectivity index (χ4n) is 2.79. The molecule has 14 heavy (non-hydrogen) atoms. The summed E-state index contributed by atoms with van der Waals surface area (Å²) in [5, 5.41) is 13.1. The maximum Gasteiger partial charge on any atom is 0.0543 e. The van der Waals surface area contributed by atoms with Crippen LogP contribution in [0.1, 0.15) is 46.0 Å². The summed E-state index contributed by atoms with van der Waals surface area (Å²) in [7, 11) is 0. The molecule has 2 aliphatic carbocycles. The highest BCUT2D eigenvalue weighted by Crippen LogP contribution is 2.40. The zero-order valence-corrected chi connectivity index (χ0v) is 9.42. The minimum atomic E-state index is -0.0174. The Hall–Kier alpha value is -0.0800. The summed E-state index contributed by atoms with van der Waals surface area (Å²) in [6.45, 7) is 5.81. The summed E-state index contributed by atoms with van der Waals surface area (Å²) >= 11 is 0. The predicted octanol–water partition coefficient (Wildman–Crippen LogP) is 1.93. The van der Waals surface area contributed by atoms with Crippen molar-refractivity contribution in [2.45, 2.75) is 58.1 Å². The second-order valence-electron chi connectivity index (χ2n) is 5.82. The molecule has 0 saturated heterocycles.